The van der Waals surface area contributed by atoms with Gasteiger partial charge in [0.15, 0.2) is 0 Å². The third-order valence-electron chi connectivity index (χ3n) is 2.06. The van der Waals surface area contributed by atoms with Crippen LogP contribution in [0.1, 0.15) is 43.6 Å². The minimum absolute atomic E-state index is 0.375. The molecule has 1 rings (SSSR count). The Balaban J connectivity index is 2.93. The van der Waals surface area contributed by atoms with Crippen LogP contribution in [0.3, 0.4) is 0 Å². The molecule has 0 saturated carbocycles. The van der Waals surface area contributed by atoms with Crippen LogP contribution in [-0.2, 0) is 11.2 Å². The van der Waals surface area contributed by atoms with E-state index in [0.717, 1.165) is 12.0 Å². The fraction of sp³-hybridized carbons (Fsp3) is 0.462. The van der Waals surface area contributed by atoms with Crippen molar-refractivity contribution in [2.45, 2.75) is 39.7 Å². The highest BCUT2D eigenvalue weighted by atomic mass is 35.5. The van der Waals surface area contributed by atoms with Gasteiger partial charge in [0.2, 0.25) is 0 Å². The quantitative estimate of drug-likeness (QED) is 0.734. The molecule has 1 aromatic rings. The van der Waals surface area contributed by atoms with Crippen LogP contribution in [-0.4, -0.2) is 11.6 Å². The summed E-state index contributed by atoms with van der Waals surface area (Å²) in [5.74, 6) is -0.375. The molecule has 0 atom stereocenters. The van der Waals surface area contributed by atoms with E-state index >= 15 is 0 Å². The number of hydrogen-bond donors (Lipinski definition) is 0. The predicted octanol–water partition coefficient (Wildman–Crippen LogP) is 3.86. The van der Waals surface area contributed by atoms with Gasteiger partial charge in [-0.3, -0.25) is 0 Å². The maximum Gasteiger partial charge on any atom is 0.340 e. The average Bonchev–Trinajstić information content (AvgIpc) is 2.14. The molecular formula is C13H17ClO2. The Hall–Kier alpha value is -1.02. The Labute approximate surface area is 102 Å². The molecule has 0 saturated heterocycles. The molecule has 0 amide bonds. The Kier molecular flexibility index (Phi) is 3.98. The standard InChI is InChI=1S/C13H17ClO2/c1-5-9-6-7-10(11(14)8-9)12(15)16-13(2,3)4/h6-8H,5H2,1-4H3. The van der Waals surface area contributed by atoms with Crippen LogP contribution >= 0.6 is 11.6 Å². The van der Waals surface area contributed by atoms with E-state index in [2.05, 4.69) is 0 Å². The number of carbonyl (C=O) groups excluding carboxylic acids is 1. The summed E-state index contributed by atoms with van der Waals surface area (Å²) in [7, 11) is 0. The Morgan fingerprint density at radius 3 is 2.44 bits per heavy atom. The van der Waals surface area contributed by atoms with Gasteiger partial charge in [-0.25, -0.2) is 4.79 Å². The molecule has 0 unspecified atom stereocenters. The summed E-state index contributed by atoms with van der Waals surface area (Å²) in [6.07, 6.45) is 0.897. The second kappa shape index (κ2) is 4.88. The molecule has 1 aromatic carbocycles. The van der Waals surface area contributed by atoms with Crippen molar-refractivity contribution < 1.29 is 9.53 Å². The lowest BCUT2D eigenvalue weighted by molar-refractivity contribution is 0.00698. The fourth-order valence-electron chi connectivity index (χ4n) is 1.28. The molecular weight excluding hydrogens is 224 g/mol. The van der Waals surface area contributed by atoms with E-state index in [1.165, 1.54) is 0 Å². The molecule has 88 valence electrons. The van der Waals surface area contributed by atoms with Gasteiger partial charge in [-0.2, -0.15) is 0 Å². The molecule has 16 heavy (non-hydrogen) atoms. The van der Waals surface area contributed by atoms with Gasteiger partial charge >= 0.3 is 5.97 Å². The summed E-state index contributed by atoms with van der Waals surface area (Å²) >= 11 is 6.03. The highest BCUT2D eigenvalue weighted by Crippen LogP contribution is 2.21. The largest absolute Gasteiger partial charge is 0.456 e. The zero-order valence-electron chi connectivity index (χ0n) is 10.1. The minimum atomic E-state index is -0.496. The molecule has 0 aliphatic heterocycles. The van der Waals surface area contributed by atoms with Crippen LogP contribution < -0.4 is 0 Å². The van der Waals surface area contributed by atoms with E-state index in [9.17, 15) is 4.79 Å². The molecule has 0 bridgehead atoms. The second-order valence-electron chi connectivity index (χ2n) is 4.67. The van der Waals surface area contributed by atoms with Crippen molar-refractivity contribution in [2.75, 3.05) is 0 Å². The summed E-state index contributed by atoms with van der Waals surface area (Å²) in [6.45, 7) is 7.54. The lowest BCUT2D eigenvalue weighted by Gasteiger charge is -2.19. The van der Waals surface area contributed by atoms with Crippen LogP contribution in [0.4, 0.5) is 0 Å². The summed E-state index contributed by atoms with van der Waals surface area (Å²) in [4.78, 5) is 11.8. The van der Waals surface area contributed by atoms with Crippen molar-refractivity contribution in [3.63, 3.8) is 0 Å². The van der Waals surface area contributed by atoms with E-state index < -0.39 is 5.60 Å². The number of rotatable bonds is 2. The molecule has 0 aliphatic rings. The lowest BCUT2D eigenvalue weighted by atomic mass is 10.1. The van der Waals surface area contributed by atoms with Crippen molar-refractivity contribution in [1.82, 2.24) is 0 Å². The normalized spacial score (nSPS) is 11.3. The summed E-state index contributed by atoms with van der Waals surface area (Å²) in [6, 6.07) is 5.42. The smallest absolute Gasteiger partial charge is 0.340 e. The van der Waals surface area contributed by atoms with E-state index in [4.69, 9.17) is 16.3 Å². The number of aryl methyl sites for hydroxylation is 1. The van der Waals surface area contributed by atoms with E-state index in [1.54, 1.807) is 12.1 Å². The van der Waals surface area contributed by atoms with Gasteiger partial charge in [-0.15, -0.1) is 0 Å². The van der Waals surface area contributed by atoms with Crippen LogP contribution in [0.15, 0.2) is 18.2 Å². The van der Waals surface area contributed by atoms with Gasteiger partial charge in [-0.1, -0.05) is 24.6 Å². The van der Waals surface area contributed by atoms with Crippen LogP contribution in [0.5, 0.6) is 0 Å². The first kappa shape index (κ1) is 13.0. The highest BCUT2D eigenvalue weighted by Gasteiger charge is 2.19. The number of benzene rings is 1. The van der Waals surface area contributed by atoms with Gasteiger partial charge < -0.3 is 4.74 Å². The number of halogens is 1. The molecule has 0 aliphatic carbocycles. The highest BCUT2D eigenvalue weighted by molar-refractivity contribution is 6.33. The van der Waals surface area contributed by atoms with Gasteiger partial charge in [0.05, 0.1) is 10.6 Å². The van der Waals surface area contributed by atoms with Crippen molar-refractivity contribution in [1.29, 1.82) is 0 Å². The molecule has 0 heterocycles. The van der Waals surface area contributed by atoms with Crippen LogP contribution in [0.25, 0.3) is 0 Å². The molecule has 0 fully saturated rings. The molecule has 0 N–H and O–H groups in total. The van der Waals surface area contributed by atoms with Gasteiger partial charge in [-0.05, 0) is 44.9 Å². The van der Waals surface area contributed by atoms with Crippen molar-refractivity contribution in [3.8, 4) is 0 Å². The third-order valence-corrected chi connectivity index (χ3v) is 2.37. The van der Waals surface area contributed by atoms with Crippen molar-refractivity contribution in [3.05, 3.63) is 34.3 Å². The van der Waals surface area contributed by atoms with Crippen LogP contribution in [0, 0.1) is 0 Å². The Bertz CT molecular complexity index is 391. The monoisotopic (exact) mass is 240 g/mol. The van der Waals surface area contributed by atoms with Crippen LogP contribution in [0.2, 0.25) is 5.02 Å². The lowest BCUT2D eigenvalue weighted by Crippen LogP contribution is -2.24. The first-order valence-corrected chi connectivity index (χ1v) is 5.73. The summed E-state index contributed by atoms with van der Waals surface area (Å²) < 4.78 is 5.25. The number of esters is 1. The Morgan fingerprint density at radius 1 is 1.38 bits per heavy atom. The molecule has 0 radical (unpaired) electrons. The first-order chi connectivity index (χ1) is 7.33. The molecule has 2 nitrogen and oxygen atoms in total. The molecule has 0 aromatic heterocycles. The SMILES string of the molecule is CCc1ccc(C(=O)OC(C)(C)C)c(Cl)c1. The van der Waals surface area contributed by atoms with E-state index in [1.807, 2.05) is 33.8 Å². The third kappa shape index (κ3) is 3.53. The molecule has 0 spiro atoms. The Morgan fingerprint density at radius 2 is 2.00 bits per heavy atom. The first-order valence-electron chi connectivity index (χ1n) is 5.35. The van der Waals surface area contributed by atoms with E-state index in [-0.39, 0.29) is 5.97 Å². The maximum absolute atomic E-state index is 11.8. The van der Waals surface area contributed by atoms with Gasteiger partial charge in [0.25, 0.3) is 0 Å². The summed E-state index contributed by atoms with van der Waals surface area (Å²) in [5, 5.41) is 0.452. The topological polar surface area (TPSA) is 26.3 Å². The minimum Gasteiger partial charge on any atom is -0.456 e. The number of ether oxygens (including phenoxy) is 1. The number of hydrogen-bond acceptors (Lipinski definition) is 2. The average molecular weight is 241 g/mol. The van der Waals surface area contributed by atoms with Gasteiger partial charge in [0.1, 0.15) is 5.60 Å². The predicted molar refractivity (Wildman–Crippen MR) is 66.0 cm³/mol. The summed E-state index contributed by atoms with van der Waals surface area (Å²) in [5.41, 5.74) is 1.04. The molecule has 3 heteroatoms. The number of carbonyl (C=O) groups is 1. The van der Waals surface area contributed by atoms with Crippen molar-refractivity contribution >= 4 is 17.6 Å². The maximum atomic E-state index is 11.8. The van der Waals surface area contributed by atoms with Gasteiger partial charge in [0, 0.05) is 0 Å². The second-order valence-corrected chi connectivity index (χ2v) is 5.08. The zero-order valence-corrected chi connectivity index (χ0v) is 10.9. The van der Waals surface area contributed by atoms with E-state index in [0.29, 0.717) is 10.6 Å². The fourth-order valence-corrected chi connectivity index (χ4v) is 1.56. The zero-order chi connectivity index (χ0) is 12.3. The van der Waals surface area contributed by atoms with Crippen molar-refractivity contribution in [2.24, 2.45) is 0 Å².